The van der Waals surface area contributed by atoms with Crippen molar-refractivity contribution in [1.82, 2.24) is 0 Å². The number of hydrogen-bond acceptors (Lipinski definition) is 6. The molecule has 0 aliphatic carbocycles. The Morgan fingerprint density at radius 1 is 1.58 bits per heavy atom. The molecule has 0 aromatic heterocycles. The van der Waals surface area contributed by atoms with Gasteiger partial charge in [-0.05, 0) is 6.92 Å². The first-order valence-corrected chi connectivity index (χ1v) is 5.17. The normalized spacial score (nSPS) is 11.3. The maximum Gasteiger partial charge on any atom is 0.313 e. The molecule has 3 N–H and O–H groups in total. The summed E-state index contributed by atoms with van der Waals surface area (Å²) in [6.07, 6.45) is -0.162. The molecule has 0 aliphatic rings. The molecular formula is C11H15ClN2O5. The van der Waals surface area contributed by atoms with E-state index in [9.17, 15) is 20.0 Å². The molecule has 0 heterocycles. The lowest BCUT2D eigenvalue weighted by atomic mass is 10.0. The Kier molecular flexibility index (Phi) is 6.23. The molecule has 0 radical (unpaired) electrons. The summed E-state index contributed by atoms with van der Waals surface area (Å²) in [6, 6.07) is 2.09. The van der Waals surface area contributed by atoms with Crippen molar-refractivity contribution in [2.45, 2.75) is 19.4 Å². The van der Waals surface area contributed by atoms with Crippen LogP contribution in [0.5, 0.6) is 5.75 Å². The number of halogens is 1. The molecule has 7 nitrogen and oxygen atoms in total. The van der Waals surface area contributed by atoms with E-state index < -0.39 is 28.4 Å². The number of phenols is 1. The lowest BCUT2D eigenvalue weighted by molar-refractivity contribution is -0.386. The molecule has 106 valence electrons. The number of carbonyl (C=O) groups is 1. The predicted octanol–water partition coefficient (Wildman–Crippen LogP) is 1.59. The largest absolute Gasteiger partial charge is 0.502 e. The van der Waals surface area contributed by atoms with Crippen LogP contribution in [0.3, 0.4) is 0 Å². The van der Waals surface area contributed by atoms with Gasteiger partial charge in [0.05, 0.1) is 18.5 Å². The summed E-state index contributed by atoms with van der Waals surface area (Å²) in [5.74, 6) is -1.05. The second-order valence-electron chi connectivity index (χ2n) is 3.81. The van der Waals surface area contributed by atoms with E-state index in [0.29, 0.717) is 5.56 Å². The van der Waals surface area contributed by atoms with Crippen molar-refractivity contribution in [2.75, 3.05) is 7.11 Å². The van der Waals surface area contributed by atoms with E-state index >= 15 is 0 Å². The minimum absolute atomic E-state index is 0. The maximum absolute atomic E-state index is 11.1. The summed E-state index contributed by atoms with van der Waals surface area (Å²) in [5, 5.41) is 20.6. The molecular weight excluding hydrogens is 276 g/mol. The van der Waals surface area contributed by atoms with Crippen LogP contribution in [0, 0.1) is 17.0 Å². The number of carbonyl (C=O) groups excluding carboxylic acids is 1. The molecule has 1 atom stereocenters. The zero-order valence-electron chi connectivity index (χ0n) is 10.5. The summed E-state index contributed by atoms with van der Waals surface area (Å²) < 4.78 is 4.45. The van der Waals surface area contributed by atoms with Crippen LogP contribution in [-0.4, -0.2) is 23.1 Å². The summed E-state index contributed by atoms with van der Waals surface area (Å²) in [7, 11) is 1.21. The number of phenolic OH excluding ortho intramolecular Hbond substituents is 1. The minimum atomic E-state index is -0.850. The van der Waals surface area contributed by atoms with Gasteiger partial charge in [0.1, 0.15) is 0 Å². The molecule has 19 heavy (non-hydrogen) atoms. The number of ether oxygens (including phenoxy) is 1. The van der Waals surface area contributed by atoms with Gasteiger partial charge in [0.15, 0.2) is 5.75 Å². The van der Waals surface area contributed by atoms with Crippen LogP contribution in [0.2, 0.25) is 0 Å². The van der Waals surface area contributed by atoms with Gasteiger partial charge >= 0.3 is 11.7 Å². The highest BCUT2D eigenvalue weighted by Crippen LogP contribution is 2.36. The van der Waals surface area contributed by atoms with Gasteiger partial charge in [-0.2, -0.15) is 0 Å². The second-order valence-corrected chi connectivity index (χ2v) is 3.81. The molecule has 8 heteroatoms. The van der Waals surface area contributed by atoms with Crippen LogP contribution in [0.1, 0.15) is 23.6 Å². The fraction of sp³-hybridized carbons (Fsp3) is 0.364. The predicted molar refractivity (Wildman–Crippen MR) is 70.3 cm³/mol. The molecule has 0 amide bonds. The Hall–Kier alpha value is -1.86. The quantitative estimate of drug-likeness (QED) is 0.494. The number of rotatable bonds is 4. The first-order chi connectivity index (χ1) is 8.38. The molecule has 1 aromatic rings. The van der Waals surface area contributed by atoms with Gasteiger partial charge < -0.3 is 15.6 Å². The number of nitro benzene ring substituents is 1. The lowest BCUT2D eigenvalue weighted by Gasteiger charge is -2.13. The highest BCUT2D eigenvalue weighted by atomic mass is 35.5. The number of esters is 1. The van der Waals surface area contributed by atoms with Gasteiger partial charge in [-0.25, -0.2) is 0 Å². The first-order valence-electron chi connectivity index (χ1n) is 5.17. The summed E-state index contributed by atoms with van der Waals surface area (Å²) in [6.45, 7) is 1.51. The highest BCUT2D eigenvalue weighted by molar-refractivity contribution is 5.85. The third kappa shape index (κ3) is 3.80. The highest BCUT2D eigenvalue weighted by Gasteiger charge is 2.24. The van der Waals surface area contributed by atoms with Gasteiger partial charge in [0.25, 0.3) is 0 Å². The molecule has 0 saturated heterocycles. The Labute approximate surface area is 115 Å². The van der Waals surface area contributed by atoms with Crippen LogP contribution in [0.15, 0.2) is 12.1 Å². The van der Waals surface area contributed by atoms with Crippen LogP contribution in [-0.2, 0) is 9.53 Å². The maximum atomic E-state index is 11.1. The third-order valence-corrected chi connectivity index (χ3v) is 2.58. The van der Waals surface area contributed by atoms with Gasteiger partial charge in [-0.1, -0.05) is 12.1 Å². The first kappa shape index (κ1) is 17.1. The van der Waals surface area contributed by atoms with Crippen molar-refractivity contribution in [2.24, 2.45) is 5.73 Å². The van der Waals surface area contributed by atoms with Crippen molar-refractivity contribution < 1.29 is 19.6 Å². The van der Waals surface area contributed by atoms with Crippen LogP contribution in [0.4, 0.5) is 5.69 Å². The number of methoxy groups -OCH3 is 1. The summed E-state index contributed by atoms with van der Waals surface area (Å²) >= 11 is 0. The fourth-order valence-electron chi connectivity index (χ4n) is 1.60. The van der Waals surface area contributed by atoms with E-state index in [1.807, 2.05) is 0 Å². The van der Waals surface area contributed by atoms with E-state index in [1.165, 1.54) is 26.2 Å². The average Bonchev–Trinajstić information content (AvgIpc) is 2.28. The Bertz CT molecular complexity index is 492. The second kappa shape index (κ2) is 6.91. The molecule has 0 bridgehead atoms. The summed E-state index contributed by atoms with van der Waals surface area (Å²) in [5.41, 5.74) is 5.79. The lowest BCUT2D eigenvalue weighted by Crippen LogP contribution is -2.16. The molecule has 1 aromatic carbocycles. The fourth-order valence-corrected chi connectivity index (χ4v) is 1.60. The number of aryl methyl sites for hydroxylation is 1. The molecule has 0 fully saturated rings. The molecule has 1 rings (SSSR count). The average molecular weight is 291 g/mol. The van der Waals surface area contributed by atoms with Crippen molar-refractivity contribution in [1.29, 1.82) is 0 Å². The topological polar surface area (TPSA) is 116 Å². The molecule has 0 saturated carbocycles. The molecule has 0 unspecified atom stereocenters. The van der Waals surface area contributed by atoms with Crippen LogP contribution in [0.25, 0.3) is 0 Å². The zero-order chi connectivity index (χ0) is 13.9. The van der Waals surface area contributed by atoms with E-state index in [4.69, 9.17) is 5.73 Å². The Balaban J connectivity index is 0.00000324. The third-order valence-electron chi connectivity index (χ3n) is 2.58. The van der Waals surface area contributed by atoms with Crippen molar-refractivity contribution in [3.8, 4) is 5.75 Å². The smallest absolute Gasteiger partial charge is 0.313 e. The minimum Gasteiger partial charge on any atom is -0.502 e. The number of benzene rings is 1. The van der Waals surface area contributed by atoms with Gasteiger partial charge in [0.2, 0.25) is 0 Å². The van der Waals surface area contributed by atoms with Gasteiger partial charge in [-0.3, -0.25) is 14.9 Å². The molecule has 0 aliphatic heterocycles. The SMILES string of the molecule is COC(=O)C[C@H](N)c1ccc(C)c([N+](=O)[O-])c1O.Cl. The number of hydrogen-bond donors (Lipinski definition) is 2. The monoisotopic (exact) mass is 290 g/mol. The number of nitrogens with two attached hydrogens (primary N) is 1. The van der Waals surface area contributed by atoms with Crippen molar-refractivity contribution in [3.05, 3.63) is 33.4 Å². The van der Waals surface area contributed by atoms with Crippen molar-refractivity contribution >= 4 is 24.1 Å². The van der Waals surface area contributed by atoms with Crippen LogP contribution >= 0.6 is 12.4 Å². The number of nitrogens with zero attached hydrogens (tertiary/aromatic N) is 1. The van der Waals surface area contributed by atoms with E-state index in [0.717, 1.165) is 0 Å². The van der Waals surface area contributed by atoms with Crippen LogP contribution < -0.4 is 5.73 Å². The van der Waals surface area contributed by atoms with Crippen molar-refractivity contribution in [3.63, 3.8) is 0 Å². The number of nitro groups is 1. The Morgan fingerprint density at radius 3 is 2.63 bits per heavy atom. The van der Waals surface area contributed by atoms with Gasteiger partial charge in [0, 0.05) is 17.2 Å². The van der Waals surface area contributed by atoms with E-state index in [-0.39, 0.29) is 24.4 Å². The summed E-state index contributed by atoms with van der Waals surface area (Å²) in [4.78, 5) is 21.2. The number of aromatic hydroxyl groups is 1. The Morgan fingerprint density at radius 2 is 2.16 bits per heavy atom. The zero-order valence-corrected chi connectivity index (χ0v) is 11.3. The van der Waals surface area contributed by atoms with E-state index in [2.05, 4.69) is 4.74 Å². The standard InChI is InChI=1S/C11H14N2O5.ClH/c1-6-3-4-7(8(12)5-9(14)18-2)11(15)10(6)13(16)17;/h3-4,8,15H,5,12H2,1-2H3;1H/t8-;/m0./s1. The van der Waals surface area contributed by atoms with Gasteiger partial charge in [-0.15, -0.1) is 12.4 Å². The van der Waals surface area contributed by atoms with E-state index in [1.54, 1.807) is 0 Å². The molecule has 0 spiro atoms.